The van der Waals surface area contributed by atoms with Gasteiger partial charge in [0.25, 0.3) is 0 Å². The molecule has 1 unspecified atom stereocenters. The van der Waals surface area contributed by atoms with Gasteiger partial charge in [0.1, 0.15) is 6.04 Å². The minimum absolute atomic E-state index is 0.0603. The van der Waals surface area contributed by atoms with Crippen LogP contribution in [0.3, 0.4) is 0 Å². The normalized spacial score (nSPS) is 12.5. The van der Waals surface area contributed by atoms with Crippen molar-refractivity contribution in [3.63, 3.8) is 0 Å². The molecule has 2 aromatic heterocycles. The second-order valence-corrected chi connectivity index (χ2v) is 5.70. The highest BCUT2D eigenvalue weighted by atomic mass is 32.1. The van der Waals surface area contributed by atoms with E-state index >= 15 is 0 Å². The number of pyridine rings is 1. The second kappa shape index (κ2) is 5.15. The molecule has 0 aliphatic rings. The number of aryl methyl sites for hydroxylation is 1. The molecule has 0 fully saturated rings. The molecule has 0 aliphatic carbocycles. The Bertz CT molecular complexity index is 765. The summed E-state index contributed by atoms with van der Waals surface area (Å²) in [6.45, 7) is 1.95. The van der Waals surface area contributed by atoms with Crippen LogP contribution in [0.4, 0.5) is 0 Å². The molecule has 1 aromatic carbocycles. The van der Waals surface area contributed by atoms with Crippen LogP contribution in [0.15, 0.2) is 47.8 Å². The lowest BCUT2D eigenvalue weighted by Gasteiger charge is -2.09. The standard InChI is InChI=1S/C16H14N2OS/c1-10-4-5-11-9-12(6-7-13(11)18-10)16(19)15(17)14-3-2-8-20-14/h2-9,15H,17H2,1H3. The van der Waals surface area contributed by atoms with Gasteiger partial charge in [0.2, 0.25) is 0 Å². The lowest BCUT2D eigenvalue weighted by molar-refractivity contribution is 0.0963. The molecule has 3 aromatic rings. The van der Waals surface area contributed by atoms with Crippen LogP contribution in [-0.2, 0) is 0 Å². The number of hydrogen-bond acceptors (Lipinski definition) is 4. The van der Waals surface area contributed by atoms with Crippen LogP contribution in [0, 0.1) is 6.92 Å². The minimum atomic E-state index is -0.592. The highest BCUT2D eigenvalue weighted by Crippen LogP contribution is 2.22. The van der Waals surface area contributed by atoms with Gasteiger partial charge in [0.15, 0.2) is 5.78 Å². The monoisotopic (exact) mass is 282 g/mol. The summed E-state index contributed by atoms with van der Waals surface area (Å²) >= 11 is 1.50. The van der Waals surface area contributed by atoms with Crippen LogP contribution in [0.2, 0.25) is 0 Å². The maximum absolute atomic E-state index is 12.4. The van der Waals surface area contributed by atoms with Crippen molar-refractivity contribution in [1.82, 2.24) is 4.98 Å². The SMILES string of the molecule is Cc1ccc2cc(C(=O)C(N)c3cccs3)ccc2n1. The molecule has 0 amide bonds. The molecular weight excluding hydrogens is 268 g/mol. The third-order valence-electron chi connectivity index (χ3n) is 3.25. The topological polar surface area (TPSA) is 56.0 Å². The van der Waals surface area contributed by atoms with Gasteiger partial charge in [-0.3, -0.25) is 9.78 Å². The summed E-state index contributed by atoms with van der Waals surface area (Å²) in [7, 11) is 0. The fourth-order valence-electron chi connectivity index (χ4n) is 2.16. The maximum Gasteiger partial charge on any atom is 0.184 e. The number of rotatable bonds is 3. The maximum atomic E-state index is 12.4. The van der Waals surface area contributed by atoms with E-state index in [0.717, 1.165) is 21.5 Å². The molecular formula is C16H14N2OS. The number of ketones is 1. The first-order valence-electron chi connectivity index (χ1n) is 6.36. The molecule has 100 valence electrons. The first-order valence-corrected chi connectivity index (χ1v) is 7.24. The number of hydrogen-bond donors (Lipinski definition) is 1. The predicted molar refractivity (Wildman–Crippen MR) is 82.1 cm³/mol. The van der Waals surface area contributed by atoms with Crippen molar-refractivity contribution in [2.45, 2.75) is 13.0 Å². The molecule has 20 heavy (non-hydrogen) atoms. The van der Waals surface area contributed by atoms with E-state index in [0.29, 0.717) is 5.56 Å². The van der Waals surface area contributed by atoms with Crippen LogP contribution in [0.1, 0.15) is 27.0 Å². The third-order valence-corrected chi connectivity index (χ3v) is 4.20. The Labute approximate surface area is 121 Å². The number of nitrogens with two attached hydrogens (primary N) is 1. The van der Waals surface area contributed by atoms with E-state index < -0.39 is 6.04 Å². The van der Waals surface area contributed by atoms with Crippen molar-refractivity contribution >= 4 is 28.0 Å². The Kier molecular flexibility index (Phi) is 3.34. The molecule has 3 rings (SSSR count). The van der Waals surface area contributed by atoms with Gasteiger partial charge < -0.3 is 5.73 Å². The quantitative estimate of drug-likeness (QED) is 0.748. The van der Waals surface area contributed by atoms with Gasteiger partial charge >= 0.3 is 0 Å². The molecule has 0 spiro atoms. The smallest absolute Gasteiger partial charge is 0.184 e. The Hall–Kier alpha value is -2.04. The lowest BCUT2D eigenvalue weighted by atomic mass is 10.0. The molecule has 0 bridgehead atoms. The highest BCUT2D eigenvalue weighted by molar-refractivity contribution is 7.10. The number of carbonyl (C=O) groups is 1. The van der Waals surface area contributed by atoms with Gasteiger partial charge in [0.05, 0.1) is 5.52 Å². The Morgan fingerprint density at radius 3 is 2.85 bits per heavy atom. The van der Waals surface area contributed by atoms with E-state index in [1.165, 1.54) is 11.3 Å². The summed E-state index contributed by atoms with van der Waals surface area (Å²) in [5.74, 6) is -0.0603. The number of Topliss-reactive ketones (excluding diaryl/α,β-unsaturated/α-hetero) is 1. The summed E-state index contributed by atoms with van der Waals surface area (Å²) in [5.41, 5.74) is 8.52. The van der Waals surface area contributed by atoms with Crippen molar-refractivity contribution in [3.05, 3.63) is 64.0 Å². The number of fused-ring (bicyclic) bond motifs is 1. The van der Waals surface area contributed by atoms with Crippen molar-refractivity contribution in [2.75, 3.05) is 0 Å². The second-order valence-electron chi connectivity index (χ2n) is 4.72. The van der Waals surface area contributed by atoms with Crippen LogP contribution < -0.4 is 5.73 Å². The average molecular weight is 282 g/mol. The Morgan fingerprint density at radius 2 is 2.10 bits per heavy atom. The van der Waals surface area contributed by atoms with Gasteiger partial charge in [-0.25, -0.2) is 0 Å². The van der Waals surface area contributed by atoms with Gasteiger partial charge in [-0.15, -0.1) is 11.3 Å². The largest absolute Gasteiger partial charge is 0.317 e. The number of aromatic nitrogens is 1. The van der Waals surface area contributed by atoms with Gasteiger partial charge in [-0.05, 0) is 42.6 Å². The summed E-state index contributed by atoms with van der Waals surface area (Å²) in [4.78, 5) is 17.7. The zero-order chi connectivity index (χ0) is 14.1. The van der Waals surface area contributed by atoms with E-state index in [9.17, 15) is 4.79 Å². The zero-order valence-electron chi connectivity index (χ0n) is 11.0. The minimum Gasteiger partial charge on any atom is -0.317 e. The summed E-state index contributed by atoms with van der Waals surface area (Å²) in [6.07, 6.45) is 0. The molecule has 0 aliphatic heterocycles. The summed E-state index contributed by atoms with van der Waals surface area (Å²) in [6, 6.07) is 12.6. The number of nitrogens with zero attached hydrogens (tertiary/aromatic N) is 1. The first-order chi connectivity index (χ1) is 9.65. The highest BCUT2D eigenvalue weighted by Gasteiger charge is 2.18. The van der Waals surface area contributed by atoms with Gasteiger partial charge in [0, 0.05) is 21.5 Å². The van der Waals surface area contributed by atoms with Gasteiger partial charge in [-0.1, -0.05) is 12.1 Å². The molecule has 1 atom stereocenters. The Morgan fingerprint density at radius 1 is 1.25 bits per heavy atom. The van der Waals surface area contributed by atoms with Crippen LogP contribution in [0.25, 0.3) is 10.9 Å². The van der Waals surface area contributed by atoms with Crippen molar-refractivity contribution in [1.29, 1.82) is 0 Å². The van der Waals surface area contributed by atoms with Crippen molar-refractivity contribution < 1.29 is 4.79 Å². The fraction of sp³-hybridized carbons (Fsp3) is 0.125. The molecule has 2 heterocycles. The van der Waals surface area contributed by atoms with Crippen LogP contribution >= 0.6 is 11.3 Å². The van der Waals surface area contributed by atoms with E-state index in [-0.39, 0.29) is 5.78 Å². The summed E-state index contributed by atoms with van der Waals surface area (Å²) in [5, 5.41) is 2.88. The number of thiophene rings is 1. The third kappa shape index (κ3) is 2.35. The van der Waals surface area contributed by atoms with Crippen molar-refractivity contribution in [2.24, 2.45) is 5.73 Å². The molecule has 3 nitrogen and oxygen atoms in total. The van der Waals surface area contributed by atoms with Crippen LogP contribution in [-0.4, -0.2) is 10.8 Å². The molecule has 0 saturated heterocycles. The number of benzene rings is 1. The summed E-state index contributed by atoms with van der Waals surface area (Å²) < 4.78 is 0. The van der Waals surface area contributed by atoms with Crippen molar-refractivity contribution in [3.8, 4) is 0 Å². The van der Waals surface area contributed by atoms with E-state index in [1.54, 1.807) is 6.07 Å². The molecule has 2 N–H and O–H groups in total. The fourth-order valence-corrected chi connectivity index (χ4v) is 2.88. The predicted octanol–water partition coefficient (Wildman–Crippen LogP) is 3.49. The number of carbonyl (C=O) groups excluding carboxylic acids is 1. The van der Waals surface area contributed by atoms with Crippen LogP contribution in [0.5, 0.6) is 0 Å². The molecule has 0 radical (unpaired) electrons. The molecule has 0 saturated carbocycles. The van der Waals surface area contributed by atoms with E-state index in [2.05, 4.69) is 4.98 Å². The molecule has 4 heteroatoms. The average Bonchev–Trinajstić information content (AvgIpc) is 2.99. The first kappa shape index (κ1) is 13.0. The van der Waals surface area contributed by atoms with E-state index in [1.807, 2.05) is 48.7 Å². The Balaban J connectivity index is 1.98. The lowest BCUT2D eigenvalue weighted by Crippen LogP contribution is -2.20. The zero-order valence-corrected chi connectivity index (χ0v) is 11.9. The van der Waals surface area contributed by atoms with E-state index in [4.69, 9.17) is 5.73 Å². The van der Waals surface area contributed by atoms with Gasteiger partial charge in [-0.2, -0.15) is 0 Å².